The van der Waals surface area contributed by atoms with E-state index in [2.05, 4.69) is 0 Å². The van der Waals surface area contributed by atoms with Gasteiger partial charge in [-0.3, -0.25) is 19.2 Å². The van der Waals surface area contributed by atoms with E-state index in [1.807, 2.05) is 0 Å². The summed E-state index contributed by atoms with van der Waals surface area (Å²) in [6, 6.07) is 9.94. The molecule has 0 aliphatic rings. The number of carbonyl (C=O) groups is 2. The first-order valence-electron chi connectivity index (χ1n) is 10.2. The number of para-hydroxylation sites is 1. The lowest BCUT2D eigenvalue weighted by Gasteiger charge is -2.15. The van der Waals surface area contributed by atoms with E-state index in [1.165, 1.54) is 19.9 Å². The Kier molecular flexibility index (Phi) is 4.61. The summed E-state index contributed by atoms with van der Waals surface area (Å²) in [5, 5.41) is 19.8. The van der Waals surface area contributed by atoms with E-state index in [1.54, 1.807) is 24.3 Å². The number of ketones is 2. The van der Waals surface area contributed by atoms with Crippen LogP contribution in [-0.2, 0) is 0 Å². The molecule has 2 aromatic heterocycles. The molecular formula is C26H16O8. The molecule has 0 radical (unpaired) electrons. The summed E-state index contributed by atoms with van der Waals surface area (Å²) in [4.78, 5) is 52.1. The normalized spacial score (nSPS) is 11.4. The third-order valence-corrected chi connectivity index (χ3v) is 5.74. The smallest absolute Gasteiger partial charge is 0.200 e. The SMILES string of the molecule is CC(=O)c1cc2c(=O)c3ccccc3oc2c(C(C)=O)c1-c1coc2cc(O)c(O)cc2c1=O. The largest absolute Gasteiger partial charge is 0.504 e. The fourth-order valence-corrected chi connectivity index (χ4v) is 4.16. The van der Waals surface area contributed by atoms with Crippen LogP contribution in [-0.4, -0.2) is 21.8 Å². The van der Waals surface area contributed by atoms with Crippen LogP contribution in [0.25, 0.3) is 44.0 Å². The minimum absolute atomic E-state index is 0.00360. The number of hydrogen-bond acceptors (Lipinski definition) is 8. The highest BCUT2D eigenvalue weighted by atomic mass is 16.3. The lowest BCUT2D eigenvalue weighted by molar-refractivity contribution is 0.101. The molecule has 8 heteroatoms. The van der Waals surface area contributed by atoms with Crippen LogP contribution >= 0.6 is 0 Å². The number of aromatic hydroxyl groups is 2. The van der Waals surface area contributed by atoms with Crippen molar-refractivity contribution >= 4 is 44.5 Å². The summed E-state index contributed by atoms with van der Waals surface area (Å²) < 4.78 is 11.4. The Hall–Kier alpha value is -4.72. The van der Waals surface area contributed by atoms with Gasteiger partial charge in [-0.15, -0.1) is 0 Å². The van der Waals surface area contributed by atoms with Gasteiger partial charge in [0, 0.05) is 17.2 Å². The molecule has 2 heterocycles. The fraction of sp³-hybridized carbons (Fsp3) is 0.0769. The average Bonchev–Trinajstić information content (AvgIpc) is 2.79. The van der Waals surface area contributed by atoms with Gasteiger partial charge in [0.15, 0.2) is 23.1 Å². The summed E-state index contributed by atoms with van der Waals surface area (Å²) in [5.74, 6) is -2.03. The highest BCUT2D eigenvalue weighted by Gasteiger charge is 2.27. The van der Waals surface area contributed by atoms with Crippen molar-refractivity contribution in [2.45, 2.75) is 13.8 Å². The maximum absolute atomic E-state index is 13.4. The van der Waals surface area contributed by atoms with Crippen molar-refractivity contribution in [3.05, 3.63) is 80.3 Å². The van der Waals surface area contributed by atoms with Crippen molar-refractivity contribution in [3.63, 3.8) is 0 Å². The number of hydrogen-bond donors (Lipinski definition) is 2. The van der Waals surface area contributed by atoms with E-state index in [0.29, 0.717) is 0 Å². The van der Waals surface area contributed by atoms with E-state index < -0.39 is 33.9 Å². The maximum atomic E-state index is 13.4. The topological polar surface area (TPSA) is 135 Å². The highest BCUT2D eigenvalue weighted by molar-refractivity contribution is 6.17. The molecule has 5 rings (SSSR count). The first kappa shape index (κ1) is 21.1. The van der Waals surface area contributed by atoms with Crippen molar-refractivity contribution in [1.82, 2.24) is 0 Å². The van der Waals surface area contributed by atoms with Crippen LogP contribution in [0.1, 0.15) is 34.6 Å². The average molecular weight is 456 g/mol. The van der Waals surface area contributed by atoms with Gasteiger partial charge >= 0.3 is 0 Å². The lowest BCUT2D eigenvalue weighted by atomic mass is 9.88. The van der Waals surface area contributed by atoms with Crippen LogP contribution < -0.4 is 10.9 Å². The first-order chi connectivity index (χ1) is 16.2. The minimum atomic E-state index is -0.649. The monoisotopic (exact) mass is 456 g/mol. The molecule has 5 aromatic rings. The van der Waals surface area contributed by atoms with Crippen LogP contribution in [0.2, 0.25) is 0 Å². The van der Waals surface area contributed by atoms with Crippen molar-refractivity contribution in [2.24, 2.45) is 0 Å². The Labute approximate surface area is 190 Å². The molecule has 0 amide bonds. The number of Topliss-reactive ketones (excluding diaryl/α,β-unsaturated/α-hetero) is 2. The van der Waals surface area contributed by atoms with Gasteiger partial charge in [0.05, 0.1) is 27.3 Å². The van der Waals surface area contributed by atoms with Crippen LogP contribution in [0.4, 0.5) is 0 Å². The number of fused-ring (bicyclic) bond motifs is 3. The van der Waals surface area contributed by atoms with E-state index in [0.717, 1.165) is 18.4 Å². The van der Waals surface area contributed by atoms with Gasteiger partial charge in [-0.2, -0.15) is 0 Å². The molecule has 0 saturated heterocycles. The lowest BCUT2D eigenvalue weighted by Crippen LogP contribution is -2.14. The number of rotatable bonds is 3. The Morgan fingerprint density at radius 1 is 0.794 bits per heavy atom. The van der Waals surface area contributed by atoms with Crippen LogP contribution in [0.5, 0.6) is 11.5 Å². The molecule has 0 aliphatic carbocycles. The molecule has 8 nitrogen and oxygen atoms in total. The standard InChI is InChI=1S/C26H16O8/c1-11(27)14-7-16-24(31)13-5-3-4-6-20(13)34-26(16)22(12(2)28)23(14)17-10-33-21-9-19(30)18(29)8-15(21)25(17)32/h3-10,29-30H,1-2H3. The van der Waals surface area contributed by atoms with Crippen LogP contribution in [0, 0.1) is 0 Å². The first-order valence-corrected chi connectivity index (χ1v) is 10.2. The van der Waals surface area contributed by atoms with E-state index in [4.69, 9.17) is 8.83 Å². The van der Waals surface area contributed by atoms with Gasteiger partial charge in [0.1, 0.15) is 23.0 Å². The van der Waals surface area contributed by atoms with E-state index >= 15 is 0 Å². The molecule has 0 fully saturated rings. The second-order valence-corrected chi connectivity index (χ2v) is 7.91. The van der Waals surface area contributed by atoms with Gasteiger partial charge in [-0.25, -0.2) is 0 Å². The third kappa shape index (κ3) is 3.00. The Balaban J connectivity index is 2.01. The maximum Gasteiger partial charge on any atom is 0.200 e. The van der Waals surface area contributed by atoms with Gasteiger partial charge in [0.2, 0.25) is 10.9 Å². The molecule has 0 aliphatic heterocycles. The molecule has 0 unspecified atom stereocenters. The predicted octanol–water partition coefficient (Wildman–Crippen LogP) is 4.54. The molecule has 0 saturated carbocycles. The minimum Gasteiger partial charge on any atom is -0.504 e. The summed E-state index contributed by atoms with van der Waals surface area (Å²) in [6.07, 6.45) is 1.07. The Bertz CT molecular complexity index is 1820. The highest BCUT2D eigenvalue weighted by Crippen LogP contribution is 2.36. The second kappa shape index (κ2) is 7.41. The zero-order chi connectivity index (χ0) is 24.3. The Morgan fingerprint density at radius 3 is 2.21 bits per heavy atom. The number of benzene rings is 3. The second-order valence-electron chi connectivity index (χ2n) is 7.91. The van der Waals surface area contributed by atoms with Crippen LogP contribution in [0.3, 0.4) is 0 Å². The van der Waals surface area contributed by atoms with Gasteiger partial charge in [-0.05, 0) is 38.1 Å². The number of phenols is 2. The summed E-state index contributed by atoms with van der Waals surface area (Å²) in [5.41, 5.74) is -1.19. The van der Waals surface area contributed by atoms with E-state index in [9.17, 15) is 29.4 Å². The van der Waals surface area contributed by atoms with Crippen molar-refractivity contribution < 1.29 is 28.6 Å². The molecule has 0 spiro atoms. The van der Waals surface area contributed by atoms with Crippen molar-refractivity contribution in [1.29, 1.82) is 0 Å². The fourth-order valence-electron chi connectivity index (χ4n) is 4.16. The molecular weight excluding hydrogens is 440 g/mol. The zero-order valence-corrected chi connectivity index (χ0v) is 18.0. The summed E-state index contributed by atoms with van der Waals surface area (Å²) in [7, 11) is 0. The quantitative estimate of drug-likeness (QED) is 0.230. The van der Waals surface area contributed by atoms with Gasteiger partial charge in [0.25, 0.3) is 0 Å². The zero-order valence-electron chi connectivity index (χ0n) is 18.0. The molecule has 168 valence electrons. The summed E-state index contributed by atoms with van der Waals surface area (Å²) >= 11 is 0. The molecule has 2 N–H and O–H groups in total. The van der Waals surface area contributed by atoms with E-state index in [-0.39, 0.29) is 55.2 Å². The molecule has 0 atom stereocenters. The van der Waals surface area contributed by atoms with Crippen molar-refractivity contribution in [2.75, 3.05) is 0 Å². The molecule has 3 aromatic carbocycles. The molecule has 0 bridgehead atoms. The predicted molar refractivity (Wildman–Crippen MR) is 125 cm³/mol. The third-order valence-electron chi connectivity index (χ3n) is 5.74. The Morgan fingerprint density at radius 2 is 1.50 bits per heavy atom. The molecule has 34 heavy (non-hydrogen) atoms. The van der Waals surface area contributed by atoms with Gasteiger partial charge in [-0.1, -0.05) is 12.1 Å². The number of carbonyl (C=O) groups excluding carboxylic acids is 2. The number of phenolic OH excluding ortho intramolecular Hbond substituents is 2. The van der Waals surface area contributed by atoms with Gasteiger partial charge < -0.3 is 19.0 Å². The van der Waals surface area contributed by atoms with Crippen LogP contribution in [0.15, 0.2) is 67.2 Å². The summed E-state index contributed by atoms with van der Waals surface area (Å²) in [6.45, 7) is 2.49. The van der Waals surface area contributed by atoms with Crippen molar-refractivity contribution in [3.8, 4) is 22.6 Å².